The van der Waals surface area contributed by atoms with Gasteiger partial charge in [0.15, 0.2) is 0 Å². The van der Waals surface area contributed by atoms with Crippen molar-refractivity contribution in [3.63, 3.8) is 0 Å². The lowest BCUT2D eigenvalue weighted by Gasteiger charge is -2.27. The van der Waals surface area contributed by atoms with E-state index in [-0.39, 0.29) is 0 Å². The molecule has 1 aliphatic heterocycles. The van der Waals surface area contributed by atoms with Crippen LogP contribution >= 0.6 is 0 Å². The Balaban J connectivity index is 1.48. The van der Waals surface area contributed by atoms with Crippen molar-refractivity contribution in [2.75, 3.05) is 26.2 Å². The van der Waals surface area contributed by atoms with E-state index in [1.807, 2.05) is 18.2 Å². The molecule has 5 rings (SSSR count). The lowest BCUT2D eigenvalue weighted by Crippen LogP contribution is -2.42. The fourth-order valence-corrected chi connectivity index (χ4v) is 3.83. The first kappa shape index (κ1) is 16.1. The van der Waals surface area contributed by atoms with E-state index < -0.39 is 0 Å². The zero-order valence-corrected chi connectivity index (χ0v) is 14.9. The third-order valence-electron chi connectivity index (χ3n) is 5.25. The number of hydrogen-bond acceptors (Lipinski definition) is 4. The van der Waals surface area contributed by atoms with E-state index in [0.717, 1.165) is 60.5 Å². The summed E-state index contributed by atoms with van der Waals surface area (Å²) in [5.41, 5.74) is 5.82. The highest BCUT2D eigenvalue weighted by Crippen LogP contribution is 2.29. The molecule has 1 fully saturated rings. The Morgan fingerprint density at radius 3 is 2.78 bits per heavy atom. The van der Waals surface area contributed by atoms with E-state index in [1.165, 1.54) is 10.9 Å². The molecule has 27 heavy (non-hydrogen) atoms. The minimum absolute atomic E-state index is 0.631. The third kappa shape index (κ3) is 2.97. The number of piperazine rings is 1. The largest absolute Gasteiger partial charge is 0.353 e. The first-order valence-corrected chi connectivity index (χ1v) is 9.23. The predicted molar refractivity (Wildman–Crippen MR) is 106 cm³/mol. The van der Waals surface area contributed by atoms with Crippen LogP contribution in [0.15, 0.2) is 42.5 Å². The second-order valence-electron chi connectivity index (χ2n) is 7.08. The highest BCUT2D eigenvalue weighted by Gasteiger charge is 2.13. The van der Waals surface area contributed by atoms with Gasteiger partial charge in [0.1, 0.15) is 5.69 Å². The Bertz CT molecular complexity index is 1160. The Labute approximate surface area is 156 Å². The molecule has 2 aromatic carbocycles. The van der Waals surface area contributed by atoms with Gasteiger partial charge in [0.25, 0.3) is 0 Å². The van der Waals surface area contributed by atoms with Gasteiger partial charge in [-0.3, -0.25) is 10.00 Å². The maximum absolute atomic E-state index is 9.06. The summed E-state index contributed by atoms with van der Waals surface area (Å²) >= 11 is 0. The van der Waals surface area contributed by atoms with Crippen LogP contribution < -0.4 is 5.32 Å². The molecular weight excluding hydrogens is 336 g/mol. The summed E-state index contributed by atoms with van der Waals surface area (Å²) in [6.45, 7) is 5.31. The van der Waals surface area contributed by atoms with Gasteiger partial charge in [-0.25, -0.2) is 0 Å². The van der Waals surface area contributed by atoms with Gasteiger partial charge in [-0.05, 0) is 42.0 Å². The van der Waals surface area contributed by atoms with Gasteiger partial charge < -0.3 is 10.3 Å². The van der Waals surface area contributed by atoms with E-state index >= 15 is 0 Å². The van der Waals surface area contributed by atoms with Crippen LogP contribution in [0.5, 0.6) is 0 Å². The molecule has 2 aromatic heterocycles. The summed E-state index contributed by atoms with van der Waals surface area (Å²) in [7, 11) is 0. The number of benzene rings is 2. The fourth-order valence-electron chi connectivity index (χ4n) is 3.83. The van der Waals surface area contributed by atoms with Crippen LogP contribution in [0.25, 0.3) is 33.2 Å². The molecule has 0 atom stereocenters. The predicted octanol–water partition coefficient (Wildman–Crippen LogP) is 2.99. The Hall–Kier alpha value is -3.14. The van der Waals surface area contributed by atoms with Crippen LogP contribution in [-0.4, -0.2) is 46.3 Å². The molecule has 3 N–H and O–H groups in total. The van der Waals surface area contributed by atoms with Crippen molar-refractivity contribution < 1.29 is 0 Å². The van der Waals surface area contributed by atoms with Crippen molar-refractivity contribution in [3.8, 4) is 17.5 Å². The highest BCUT2D eigenvalue weighted by atomic mass is 15.2. The molecule has 4 aromatic rings. The molecule has 6 nitrogen and oxygen atoms in total. The number of nitriles is 1. The minimum atomic E-state index is 0.631. The Morgan fingerprint density at radius 1 is 1.04 bits per heavy atom. The van der Waals surface area contributed by atoms with E-state index in [2.05, 4.69) is 55.7 Å². The van der Waals surface area contributed by atoms with Gasteiger partial charge in [0.05, 0.1) is 22.8 Å². The maximum Gasteiger partial charge on any atom is 0.116 e. The Kier molecular flexibility index (Phi) is 3.89. The molecule has 134 valence electrons. The number of fused-ring (bicyclic) bond motifs is 2. The van der Waals surface area contributed by atoms with Gasteiger partial charge in [-0.1, -0.05) is 6.07 Å². The first-order chi connectivity index (χ1) is 13.3. The van der Waals surface area contributed by atoms with Crippen LogP contribution in [0.4, 0.5) is 0 Å². The van der Waals surface area contributed by atoms with Gasteiger partial charge in [-0.15, -0.1) is 0 Å². The molecule has 0 spiro atoms. The molecule has 1 aliphatic rings. The number of nitrogens with one attached hydrogen (secondary N) is 3. The molecule has 3 heterocycles. The van der Waals surface area contributed by atoms with Crippen LogP contribution in [0, 0.1) is 11.3 Å². The number of H-pyrrole nitrogens is 2. The number of aromatic amines is 2. The maximum atomic E-state index is 9.06. The molecule has 0 unspecified atom stereocenters. The van der Waals surface area contributed by atoms with Crippen molar-refractivity contribution in [1.29, 1.82) is 5.26 Å². The third-order valence-corrected chi connectivity index (χ3v) is 5.25. The van der Waals surface area contributed by atoms with Gasteiger partial charge in [0, 0.05) is 49.0 Å². The molecule has 0 amide bonds. The highest BCUT2D eigenvalue weighted by molar-refractivity contribution is 5.96. The van der Waals surface area contributed by atoms with Crippen LogP contribution in [-0.2, 0) is 6.54 Å². The molecule has 6 heteroatoms. The average Bonchev–Trinajstić information content (AvgIpc) is 3.31. The monoisotopic (exact) mass is 356 g/mol. The summed E-state index contributed by atoms with van der Waals surface area (Å²) in [4.78, 5) is 5.96. The zero-order valence-electron chi connectivity index (χ0n) is 14.9. The lowest BCUT2D eigenvalue weighted by atomic mass is 10.1. The van der Waals surface area contributed by atoms with Gasteiger partial charge in [0.2, 0.25) is 0 Å². The van der Waals surface area contributed by atoms with Crippen molar-refractivity contribution in [2.45, 2.75) is 6.54 Å². The van der Waals surface area contributed by atoms with E-state index in [1.54, 1.807) is 0 Å². The van der Waals surface area contributed by atoms with Crippen molar-refractivity contribution in [1.82, 2.24) is 25.4 Å². The first-order valence-electron chi connectivity index (χ1n) is 9.23. The molecule has 1 saturated heterocycles. The topological polar surface area (TPSA) is 83.5 Å². The SMILES string of the molecule is N#Cc1ccc2c(-c3cc4cc(CN5CCNCC5)ccc4[nH]3)n[nH]c2c1. The summed E-state index contributed by atoms with van der Waals surface area (Å²) in [6.07, 6.45) is 0. The molecular formula is C21H20N6. The zero-order chi connectivity index (χ0) is 18.2. The second-order valence-corrected chi connectivity index (χ2v) is 7.08. The Morgan fingerprint density at radius 2 is 1.93 bits per heavy atom. The van der Waals surface area contributed by atoms with Crippen molar-refractivity contribution in [3.05, 3.63) is 53.6 Å². The smallest absolute Gasteiger partial charge is 0.116 e. The minimum Gasteiger partial charge on any atom is -0.353 e. The van der Waals surface area contributed by atoms with E-state index in [9.17, 15) is 0 Å². The molecule has 0 bridgehead atoms. The normalized spacial score (nSPS) is 15.4. The van der Waals surface area contributed by atoms with E-state index in [0.29, 0.717) is 5.56 Å². The van der Waals surface area contributed by atoms with Crippen LogP contribution in [0.2, 0.25) is 0 Å². The molecule has 0 saturated carbocycles. The van der Waals surface area contributed by atoms with Crippen molar-refractivity contribution >= 4 is 21.8 Å². The second kappa shape index (κ2) is 6.54. The van der Waals surface area contributed by atoms with Crippen LogP contribution in [0.3, 0.4) is 0 Å². The molecule has 0 radical (unpaired) electrons. The van der Waals surface area contributed by atoms with Gasteiger partial charge >= 0.3 is 0 Å². The fraction of sp³-hybridized carbons (Fsp3) is 0.238. The average molecular weight is 356 g/mol. The summed E-state index contributed by atoms with van der Waals surface area (Å²) < 4.78 is 0. The standard InChI is InChI=1S/C21H20N6/c22-12-14-1-3-17-19(10-14)25-26-21(17)20-11-16-9-15(2-4-18(16)24-20)13-27-7-5-23-6-8-27/h1-4,9-11,23-24H,5-8,13H2,(H,25,26). The summed E-state index contributed by atoms with van der Waals surface area (Å²) in [5, 5.41) is 22.2. The molecule has 0 aliphatic carbocycles. The number of aromatic nitrogens is 3. The quantitative estimate of drug-likeness (QED) is 0.527. The van der Waals surface area contributed by atoms with Crippen molar-refractivity contribution in [2.24, 2.45) is 0 Å². The number of nitrogens with zero attached hydrogens (tertiary/aromatic N) is 3. The summed E-state index contributed by atoms with van der Waals surface area (Å²) in [5.74, 6) is 0. The number of hydrogen-bond donors (Lipinski definition) is 3. The lowest BCUT2D eigenvalue weighted by molar-refractivity contribution is 0.233. The summed E-state index contributed by atoms with van der Waals surface area (Å²) in [6, 6.07) is 16.6. The van der Waals surface area contributed by atoms with E-state index in [4.69, 9.17) is 5.26 Å². The van der Waals surface area contributed by atoms with Crippen LogP contribution in [0.1, 0.15) is 11.1 Å². The number of rotatable bonds is 3. The van der Waals surface area contributed by atoms with Gasteiger partial charge in [-0.2, -0.15) is 10.4 Å².